The van der Waals surface area contributed by atoms with E-state index in [4.69, 9.17) is 14.6 Å². The van der Waals surface area contributed by atoms with E-state index in [1.807, 2.05) is 0 Å². The number of esters is 1. The molecule has 3 rings (SSSR count). The smallest absolute Gasteiger partial charge is 0.339 e. The minimum atomic E-state index is -3.77. The van der Waals surface area contributed by atoms with E-state index in [0.29, 0.717) is 28.0 Å². The third kappa shape index (κ3) is 3.29. The predicted octanol–water partition coefficient (Wildman–Crippen LogP) is 2.20. The number of benzene rings is 2. The summed E-state index contributed by atoms with van der Waals surface area (Å²) in [4.78, 5) is 12.4. The van der Waals surface area contributed by atoms with Gasteiger partial charge in [0, 0.05) is 5.57 Å². The molecule has 0 aromatic heterocycles. The molecular weight excluding hydrogens is 342 g/mol. The minimum absolute atomic E-state index is 0.0117. The number of hydrogen-bond acceptors (Lipinski definition) is 5. The Morgan fingerprint density at radius 2 is 1.76 bits per heavy atom. The summed E-state index contributed by atoms with van der Waals surface area (Å²) in [6.45, 7) is 1.77. The molecule has 0 bridgehead atoms. The fraction of sp³-hybridized carbons (Fsp3) is 0.167. The van der Waals surface area contributed by atoms with Crippen molar-refractivity contribution in [2.75, 3.05) is 7.11 Å². The van der Waals surface area contributed by atoms with Crippen LogP contribution in [0.1, 0.15) is 18.1 Å². The van der Waals surface area contributed by atoms with Crippen molar-refractivity contribution in [3.63, 3.8) is 0 Å². The van der Waals surface area contributed by atoms with Crippen LogP contribution in [0.4, 0.5) is 0 Å². The van der Waals surface area contributed by atoms with Crippen LogP contribution in [0.3, 0.4) is 0 Å². The second kappa shape index (κ2) is 6.34. The van der Waals surface area contributed by atoms with E-state index in [9.17, 15) is 13.2 Å². The van der Waals surface area contributed by atoms with Crippen molar-refractivity contribution < 1.29 is 22.7 Å². The van der Waals surface area contributed by atoms with Gasteiger partial charge in [-0.05, 0) is 42.3 Å². The third-order valence-electron chi connectivity index (χ3n) is 4.02. The number of cyclic esters (lactones) is 1. The van der Waals surface area contributed by atoms with Gasteiger partial charge in [-0.25, -0.2) is 18.4 Å². The van der Waals surface area contributed by atoms with Gasteiger partial charge in [0.15, 0.2) is 0 Å². The van der Waals surface area contributed by atoms with E-state index in [0.717, 1.165) is 0 Å². The second-order valence-corrected chi connectivity index (χ2v) is 7.20. The lowest BCUT2D eigenvalue weighted by atomic mass is 9.93. The number of nitrogens with two attached hydrogens (primary N) is 1. The standard InChI is InChI=1S/C18H17NO5S/c1-11-16(12-6-8-15(9-7-12)25(19,21)22)17(18(20)24-11)13-4-3-5-14(10-13)23-2/h3-11H,1-2H3,(H2,19,21,22). The van der Waals surface area contributed by atoms with Crippen LogP contribution >= 0.6 is 0 Å². The molecule has 0 radical (unpaired) electrons. The fourth-order valence-electron chi connectivity index (χ4n) is 2.85. The van der Waals surface area contributed by atoms with Gasteiger partial charge < -0.3 is 9.47 Å². The van der Waals surface area contributed by atoms with Gasteiger partial charge in [-0.2, -0.15) is 0 Å². The van der Waals surface area contributed by atoms with Crippen molar-refractivity contribution in [1.29, 1.82) is 0 Å². The lowest BCUT2D eigenvalue weighted by molar-refractivity contribution is -0.136. The summed E-state index contributed by atoms with van der Waals surface area (Å²) in [5.74, 6) is 0.201. The van der Waals surface area contributed by atoms with Gasteiger partial charge >= 0.3 is 5.97 Å². The number of carbonyl (C=O) groups is 1. The Labute approximate surface area is 145 Å². The molecule has 1 aliphatic heterocycles. The van der Waals surface area contributed by atoms with Crippen molar-refractivity contribution in [1.82, 2.24) is 0 Å². The van der Waals surface area contributed by atoms with Gasteiger partial charge in [0.2, 0.25) is 10.0 Å². The maximum absolute atomic E-state index is 12.4. The molecule has 0 spiro atoms. The molecule has 1 aliphatic rings. The molecule has 0 amide bonds. The van der Waals surface area contributed by atoms with Crippen LogP contribution in [0.2, 0.25) is 0 Å². The molecule has 1 heterocycles. The third-order valence-corrected chi connectivity index (χ3v) is 4.95. The Morgan fingerprint density at radius 1 is 1.08 bits per heavy atom. The highest BCUT2D eigenvalue weighted by atomic mass is 32.2. The highest BCUT2D eigenvalue weighted by Crippen LogP contribution is 2.38. The van der Waals surface area contributed by atoms with Gasteiger partial charge in [-0.1, -0.05) is 24.3 Å². The second-order valence-electron chi connectivity index (χ2n) is 5.64. The zero-order valence-electron chi connectivity index (χ0n) is 13.7. The molecule has 6 nitrogen and oxygen atoms in total. The molecular formula is C18H17NO5S. The SMILES string of the molecule is COc1cccc(C2=C(c3ccc(S(N)(=O)=O)cc3)C(C)OC2=O)c1. The topological polar surface area (TPSA) is 95.7 Å². The fourth-order valence-corrected chi connectivity index (χ4v) is 3.36. The Kier molecular flexibility index (Phi) is 4.36. The van der Waals surface area contributed by atoms with E-state index < -0.39 is 22.1 Å². The molecule has 7 heteroatoms. The summed E-state index contributed by atoms with van der Waals surface area (Å²) in [7, 11) is -2.22. The molecule has 0 saturated heterocycles. The molecule has 2 N–H and O–H groups in total. The van der Waals surface area contributed by atoms with Gasteiger partial charge in [0.25, 0.3) is 0 Å². The van der Waals surface area contributed by atoms with E-state index in [-0.39, 0.29) is 4.90 Å². The highest BCUT2D eigenvalue weighted by molar-refractivity contribution is 7.89. The van der Waals surface area contributed by atoms with Crippen molar-refractivity contribution in [2.24, 2.45) is 5.14 Å². The van der Waals surface area contributed by atoms with E-state index in [1.54, 1.807) is 50.4 Å². The first-order valence-electron chi connectivity index (χ1n) is 7.54. The molecule has 130 valence electrons. The van der Waals surface area contributed by atoms with Gasteiger partial charge in [-0.3, -0.25) is 0 Å². The quantitative estimate of drug-likeness (QED) is 0.844. The Bertz CT molecular complexity index is 961. The summed E-state index contributed by atoms with van der Waals surface area (Å²) in [5, 5.41) is 5.13. The zero-order chi connectivity index (χ0) is 18.2. The van der Waals surface area contributed by atoms with E-state index >= 15 is 0 Å². The van der Waals surface area contributed by atoms with Crippen LogP contribution in [-0.4, -0.2) is 27.6 Å². The number of ether oxygens (including phenoxy) is 2. The summed E-state index contributed by atoms with van der Waals surface area (Å²) >= 11 is 0. The van der Waals surface area contributed by atoms with Crippen LogP contribution in [0, 0.1) is 0 Å². The van der Waals surface area contributed by atoms with E-state index in [1.165, 1.54) is 12.1 Å². The van der Waals surface area contributed by atoms with Crippen molar-refractivity contribution in [2.45, 2.75) is 17.9 Å². The summed E-state index contributed by atoms with van der Waals surface area (Å²) in [6, 6.07) is 13.2. The molecule has 1 atom stereocenters. The average Bonchev–Trinajstić information content (AvgIpc) is 2.88. The molecule has 0 fully saturated rings. The van der Waals surface area contributed by atoms with Gasteiger partial charge in [0.05, 0.1) is 17.6 Å². The van der Waals surface area contributed by atoms with E-state index in [2.05, 4.69) is 0 Å². The number of sulfonamides is 1. The van der Waals surface area contributed by atoms with Gasteiger partial charge in [0.1, 0.15) is 11.9 Å². The summed E-state index contributed by atoms with van der Waals surface area (Å²) < 4.78 is 33.4. The van der Waals surface area contributed by atoms with Crippen LogP contribution in [0.5, 0.6) is 5.75 Å². The van der Waals surface area contributed by atoms with Crippen LogP contribution in [0.25, 0.3) is 11.1 Å². The molecule has 25 heavy (non-hydrogen) atoms. The maximum atomic E-state index is 12.4. The van der Waals surface area contributed by atoms with Crippen molar-refractivity contribution in [3.05, 3.63) is 59.7 Å². The number of rotatable bonds is 4. The monoisotopic (exact) mass is 359 g/mol. The number of hydrogen-bond donors (Lipinski definition) is 1. The largest absolute Gasteiger partial charge is 0.497 e. The number of methoxy groups -OCH3 is 1. The average molecular weight is 359 g/mol. The summed E-state index contributed by atoms with van der Waals surface area (Å²) in [6.07, 6.45) is -0.450. The highest BCUT2D eigenvalue weighted by Gasteiger charge is 2.33. The zero-order valence-corrected chi connectivity index (χ0v) is 14.5. The lowest BCUT2D eigenvalue weighted by Crippen LogP contribution is -2.12. The Balaban J connectivity index is 2.15. The van der Waals surface area contributed by atoms with Crippen molar-refractivity contribution in [3.8, 4) is 5.75 Å². The first-order chi connectivity index (χ1) is 11.8. The number of carbonyl (C=O) groups excluding carboxylic acids is 1. The maximum Gasteiger partial charge on any atom is 0.339 e. The van der Waals surface area contributed by atoms with Crippen molar-refractivity contribution >= 4 is 27.1 Å². The molecule has 1 unspecified atom stereocenters. The normalized spacial score (nSPS) is 17.6. The number of primary sulfonamides is 1. The first-order valence-corrected chi connectivity index (χ1v) is 9.08. The Hall–Kier alpha value is -2.64. The molecule has 2 aromatic carbocycles. The minimum Gasteiger partial charge on any atom is -0.497 e. The predicted molar refractivity (Wildman–Crippen MR) is 93.2 cm³/mol. The van der Waals surface area contributed by atoms with Crippen LogP contribution in [-0.2, 0) is 19.6 Å². The van der Waals surface area contributed by atoms with Crippen LogP contribution in [0.15, 0.2) is 53.4 Å². The lowest BCUT2D eigenvalue weighted by Gasteiger charge is -2.10. The molecule has 0 aliphatic carbocycles. The first kappa shape index (κ1) is 17.2. The van der Waals surface area contributed by atoms with Gasteiger partial charge in [-0.15, -0.1) is 0 Å². The summed E-state index contributed by atoms with van der Waals surface area (Å²) in [5.41, 5.74) is 2.51. The molecule has 2 aromatic rings. The Morgan fingerprint density at radius 3 is 2.36 bits per heavy atom. The van der Waals surface area contributed by atoms with Crippen LogP contribution < -0.4 is 9.88 Å². The molecule has 0 saturated carbocycles.